The third-order valence-electron chi connectivity index (χ3n) is 2.72. The molecule has 0 aliphatic heterocycles. The minimum atomic E-state index is -0.0179. The van der Waals surface area contributed by atoms with Gasteiger partial charge >= 0.3 is 0 Å². The smallest absolute Gasteiger partial charge is 0.253 e. The molecular formula is C15H15NO2. The number of hydrogen-bond acceptors (Lipinski definition) is 2. The molecule has 0 spiro atoms. The summed E-state index contributed by atoms with van der Waals surface area (Å²) in [4.78, 5) is 13.4. The molecule has 0 aromatic heterocycles. The van der Waals surface area contributed by atoms with Crippen LogP contribution in [0.25, 0.3) is 11.1 Å². The van der Waals surface area contributed by atoms with Gasteiger partial charge < -0.3 is 10.0 Å². The van der Waals surface area contributed by atoms with Crippen LogP contribution < -0.4 is 0 Å². The zero-order valence-electron chi connectivity index (χ0n) is 10.4. The van der Waals surface area contributed by atoms with Crippen LogP contribution in [0.2, 0.25) is 0 Å². The third kappa shape index (κ3) is 2.51. The summed E-state index contributed by atoms with van der Waals surface area (Å²) < 4.78 is 0. The Labute approximate surface area is 106 Å². The maximum absolute atomic E-state index is 11.9. The molecule has 0 saturated carbocycles. The van der Waals surface area contributed by atoms with Crippen molar-refractivity contribution in [2.75, 3.05) is 14.1 Å². The largest absolute Gasteiger partial charge is 0.508 e. The molecule has 2 aromatic carbocycles. The van der Waals surface area contributed by atoms with E-state index in [4.69, 9.17) is 0 Å². The molecule has 1 N–H and O–H groups in total. The van der Waals surface area contributed by atoms with Crippen LogP contribution in [0.1, 0.15) is 10.4 Å². The van der Waals surface area contributed by atoms with Crippen LogP contribution in [0.4, 0.5) is 0 Å². The number of nitrogens with zero attached hydrogens (tertiary/aromatic N) is 1. The first-order valence-electron chi connectivity index (χ1n) is 5.69. The van der Waals surface area contributed by atoms with E-state index in [0.29, 0.717) is 5.56 Å². The van der Waals surface area contributed by atoms with Crippen molar-refractivity contribution < 1.29 is 9.90 Å². The van der Waals surface area contributed by atoms with E-state index in [2.05, 4.69) is 0 Å². The van der Waals surface area contributed by atoms with Gasteiger partial charge in [0.2, 0.25) is 0 Å². The summed E-state index contributed by atoms with van der Waals surface area (Å²) in [6.45, 7) is 0. The van der Waals surface area contributed by atoms with E-state index in [9.17, 15) is 9.90 Å². The van der Waals surface area contributed by atoms with Gasteiger partial charge in [-0.2, -0.15) is 0 Å². The molecule has 2 rings (SSSR count). The van der Waals surface area contributed by atoms with Crippen LogP contribution in [0, 0.1) is 0 Å². The molecule has 2 aromatic rings. The van der Waals surface area contributed by atoms with Gasteiger partial charge in [-0.25, -0.2) is 0 Å². The lowest BCUT2D eigenvalue weighted by Crippen LogP contribution is -2.21. The number of rotatable bonds is 2. The van der Waals surface area contributed by atoms with Gasteiger partial charge in [-0.15, -0.1) is 0 Å². The van der Waals surface area contributed by atoms with Crippen molar-refractivity contribution in [2.45, 2.75) is 0 Å². The van der Waals surface area contributed by atoms with E-state index in [0.717, 1.165) is 11.1 Å². The predicted molar refractivity (Wildman–Crippen MR) is 71.6 cm³/mol. The highest BCUT2D eigenvalue weighted by Gasteiger charge is 2.08. The topological polar surface area (TPSA) is 40.5 Å². The van der Waals surface area contributed by atoms with Gasteiger partial charge in [-0.05, 0) is 35.4 Å². The molecule has 0 radical (unpaired) electrons. The van der Waals surface area contributed by atoms with Gasteiger partial charge in [-0.3, -0.25) is 4.79 Å². The summed E-state index contributed by atoms with van der Waals surface area (Å²) in [6, 6.07) is 14.4. The highest BCUT2D eigenvalue weighted by molar-refractivity contribution is 5.95. The summed E-state index contributed by atoms with van der Waals surface area (Å²) in [5.74, 6) is 0.218. The Kier molecular flexibility index (Phi) is 3.33. The Balaban J connectivity index is 2.38. The molecule has 18 heavy (non-hydrogen) atoms. The van der Waals surface area contributed by atoms with Crippen molar-refractivity contribution in [3.63, 3.8) is 0 Å². The average Bonchev–Trinajstić information content (AvgIpc) is 2.38. The van der Waals surface area contributed by atoms with Crippen molar-refractivity contribution >= 4 is 5.91 Å². The molecule has 0 unspecified atom stereocenters. The van der Waals surface area contributed by atoms with Crippen LogP contribution in [-0.4, -0.2) is 30.0 Å². The first-order chi connectivity index (χ1) is 8.58. The molecular weight excluding hydrogens is 226 g/mol. The first kappa shape index (κ1) is 12.2. The van der Waals surface area contributed by atoms with E-state index < -0.39 is 0 Å². The minimum absolute atomic E-state index is 0.0179. The van der Waals surface area contributed by atoms with Crippen LogP contribution in [-0.2, 0) is 0 Å². The summed E-state index contributed by atoms with van der Waals surface area (Å²) >= 11 is 0. The van der Waals surface area contributed by atoms with Crippen LogP contribution in [0.15, 0.2) is 48.5 Å². The Morgan fingerprint density at radius 3 is 2.28 bits per heavy atom. The molecule has 0 aliphatic carbocycles. The number of amides is 1. The molecule has 3 nitrogen and oxygen atoms in total. The summed E-state index contributed by atoms with van der Waals surface area (Å²) in [7, 11) is 3.46. The second-order valence-corrected chi connectivity index (χ2v) is 4.33. The number of phenolic OH excluding ortho intramolecular Hbond substituents is 1. The Morgan fingerprint density at radius 2 is 1.67 bits per heavy atom. The fraction of sp³-hybridized carbons (Fsp3) is 0.133. The summed E-state index contributed by atoms with van der Waals surface area (Å²) in [5.41, 5.74) is 2.59. The molecule has 0 atom stereocenters. The fourth-order valence-electron chi connectivity index (χ4n) is 1.74. The van der Waals surface area contributed by atoms with Crippen molar-refractivity contribution in [1.82, 2.24) is 4.90 Å². The van der Waals surface area contributed by atoms with Gasteiger partial charge in [0.1, 0.15) is 5.75 Å². The van der Waals surface area contributed by atoms with Gasteiger partial charge in [0, 0.05) is 19.7 Å². The summed E-state index contributed by atoms with van der Waals surface area (Å²) in [6.07, 6.45) is 0. The number of hydrogen-bond donors (Lipinski definition) is 1. The maximum Gasteiger partial charge on any atom is 0.253 e. The molecule has 0 fully saturated rings. The minimum Gasteiger partial charge on any atom is -0.508 e. The van der Waals surface area contributed by atoms with Crippen molar-refractivity contribution in [1.29, 1.82) is 0 Å². The second-order valence-electron chi connectivity index (χ2n) is 4.33. The zero-order valence-corrected chi connectivity index (χ0v) is 10.4. The Morgan fingerprint density at radius 1 is 1.00 bits per heavy atom. The Hall–Kier alpha value is -2.29. The lowest BCUT2D eigenvalue weighted by atomic mass is 10.0. The van der Waals surface area contributed by atoms with Gasteiger partial charge in [0.25, 0.3) is 5.91 Å². The van der Waals surface area contributed by atoms with Gasteiger partial charge in [0.15, 0.2) is 0 Å². The van der Waals surface area contributed by atoms with E-state index in [-0.39, 0.29) is 11.7 Å². The number of aromatic hydroxyl groups is 1. The molecule has 0 heterocycles. The zero-order chi connectivity index (χ0) is 13.1. The van der Waals surface area contributed by atoms with Gasteiger partial charge in [0.05, 0.1) is 0 Å². The quantitative estimate of drug-likeness (QED) is 0.878. The number of carbonyl (C=O) groups is 1. The lowest BCUT2D eigenvalue weighted by Gasteiger charge is -2.11. The highest BCUT2D eigenvalue weighted by Crippen LogP contribution is 2.23. The number of benzene rings is 2. The Bertz CT molecular complexity index is 559. The fourth-order valence-corrected chi connectivity index (χ4v) is 1.74. The van der Waals surface area contributed by atoms with E-state index in [1.165, 1.54) is 0 Å². The van der Waals surface area contributed by atoms with Gasteiger partial charge in [-0.1, -0.05) is 24.3 Å². The highest BCUT2D eigenvalue weighted by atomic mass is 16.3. The van der Waals surface area contributed by atoms with Crippen molar-refractivity contribution in [2.24, 2.45) is 0 Å². The molecule has 1 amide bonds. The predicted octanol–water partition coefficient (Wildman–Crippen LogP) is 2.76. The standard InChI is InChI=1S/C15H15NO2/c1-16(2)15(18)13-5-3-4-12(10-13)11-6-8-14(17)9-7-11/h3-10,17H,1-2H3. The van der Waals surface area contributed by atoms with Crippen LogP contribution in [0.3, 0.4) is 0 Å². The second kappa shape index (κ2) is 4.92. The molecule has 0 aliphatic rings. The third-order valence-corrected chi connectivity index (χ3v) is 2.72. The molecule has 92 valence electrons. The summed E-state index contributed by atoms with van der Waals surface area (Å²) in [5, 5.41) is 9.26. The lowest BCUT2D eigenvalue weighted by molar-refractivity contribution is 0.0827. The van der Waals surface area contributed by atoms with E-state index in [1.54, 1.807) is 37.2 Å². The number of carbonyl (C=O) groups excluding carboxylic acids is 1. The average molecular weight is 241 g/mol. The molecule has 0 bridgehead atoms. The SMILES string of the molecule is CN(C)C(=O)c1cccc(-c2ccc(O)cc2)c1. The first-order valence-corrected chi connectivity index (χ1v) is 5.69. The van der Waals surface area contributed by atoms with Crippen molar-refractivity contribution in [3.8, 4) is 16.9 Å². The van der Waals surface area contributed by atoms with Crippen molar-refractivity contribution in [3.05, 3.63) is 54.1 Å². The van der Waals surface area contributed by atoms with Crippen LogP contribution in [0.5, 0.6) is 5.75 Å². The molecule has 3 heteroatoms. The van der Waals surface area contributed by atoms with E-state index >= 15 is 0 Å². The van der Waals surface area contributed by atoms with Crippen LogP contribution >= 0.6 is 0 Å². The monoisotopic (exact) mass is 241 g/mol. The number of phenols is 1. The maximum atomic E-state index is 11.9. The normalized spacial score (nSPS) is 10.1. The van der Waals surface area contributed by atoms with E-state index in [1.807, 2.05) is 30.3 Å². The molecule has 0 saturated heterocycles.